The molecule has 0 bridgehead atoms. The van der Waals surface area contributed by atoms with Crippen LogP contribution in [0.3, 0.4) is 0 Å². The third-order valence-electron chi connectivity index (χ3n) is 5.27. The SMILES string of the molecule is O=c1c(N2CCCC3CCCCC32)csc2ccc(F)cc12. The summed E-state index contributed by atoms with van der Waals surface area (Å²) in [6.07, 6.45) is 7.52. The summed E-state index contributed by atoms with van der Waals surface area (Å²) in [4.78, 5) is 15.2. The third kappa shape index (κ3) is 2.34. The molecule has 2 fully saturated rings. The van der Waals surface area contributed by atoms with Crippen LogP contribution in [0, 0.1) is 11.7 Å². The first-order valence-corrected chi connectivity index (χ1v) is 9.10. The van der Waals surface area contributed by atoms with Crippen LogP contribution in [0.25, 0.3) is 10.1 Å². The fraction of sp³-hybridized carbons (Fsp3) is 0.500. The zero-order valence-electron chi connectivity index (χ0n) is 12.6. The lowest BCUT2D eigenvalue weighted by atomic mass is 9.78. The van der Waals surface area contributed by atoms with Crippen molar-refractivity contribution in [1.29, 1.82) is 0 Å². The van der Waals surface area contributed by atoms with E-state index in [1.807, 2.05) is 5.38 Å². The first-order valence-electron chi connectivity index (χ1n) is 8.22. The summed E-state index contributed by atoms with van der Waals surface area (Å²) < 4.78 is 14.4. The average Bonchev–Trinajstić information content (AvgIpc) is 2.55. The Morgan fingerprint density at radius 2 is 1.95 bits per heavy atom. The largest absolute Gasteiger partial charge is 0.364 e. The van der Waals surface area contributed by atoms with Crippen molar-refractivity contribution in [3.8, 4) is 0 Å². The molecule has 1 saturated heterocycles. The lowest BCUT2D eigenvalue weighted by Gasteiger charge is -2.45. The number of hydrogen-bond donors (Lipinski definition) is 0. The quantitative estimate of drug-likeness (QED) is 0.768. The zero-order valence-corrected chi connectivity index (χ0v) is 13.4. The van der Waals surface area contributed by atoms with Crippen molar-refractivity contribution in [2.24, 2.45) is 5.92 Å². The molecule has 1 aliphatic carbocycles. The highest BCUT2D eigenvalue weighted by Gasteiger charge is 2.34. The minimum Gasteiger partial charge on any atom is -0.364 e. The number of rotatable bonds is 1. The van der Waals surface area contributed by atoms with E-state index < -0.39 is 0 Å². The van der Waals surface area contributed by atoms with Crippen molar-refractivity contribution in [2.45, 2.75) is 44.6 Å². The lowest BCUT2D eigenvalue weighted by Crippen LogP contribution is -2.48. The summed E-state index contributed by atoms with van der Waals surface area (Å²) in [6.45, 7) is 0.962. The van der Waals surface area contributed by atoms with E-state index in [0.29, 0.717) is 11.4 Å². The predicted molar refractivity (Wildman–Crippen MR) is 90.4 cm³/mol. The first kappa shape index (κ1) is 14.2. The number of benzene rings is 1. The molecule has 2 unspecified atom stereocenters. The third-order valence-corrected chi connectivity index (χ3v) is 6.22. The highest BCUT2D eigenvalue weighted by atomic mass is 32.1. The minimum absolute atomic E-state index is 0.000488. The van der Waals surface area contributed by atoms with Crippen LogP contribution >= 0.6 is 11.3 Å². The van der Waals surface area contributed by atoms with Crippen LogP contribution in [0.15, 0.2) is 28.4 Å². The topological polar surface area (TPSA) is 20.3 Å². The van der Waals surface area contributed by atoms with Crippen LogP contribution in [0.1, 0.15) is 38.5 Å². The van der Waals surface area contributed by atoms with E-state index in [1.165, 1.54) is 44.2 Å². The van der Waals surface area contributed by atoms with Crippen molar-refractivity contribution < 1.29 is 4.39 Å². The molecule has 0 radical (unpaired) electrons. The van der Waals surface area contributed by atoms with Gasteiger partial charge < -0.3 is 4.90 Å². The highest BCUT2D eigenvalue weighted by Crippen LogP contribution is 2.37. The smallest absolute Gasteiger partial charge is 0.211 e. The monoisotopic (exact) mass is 317 g/mol. The zero-order chi connectivity index (χ0) is 15.1. The Morgan fingerprint density at radius 1 is 1.14 bits per heavy atom. The molecule has 4 rings (SSSR count). The van der Waals surface area contributed by atoms with Crippen molar-refractivity contribution in [3.05, 3.63) is 39.6 Å². The maximum absolute atomic E-state index is 13.5. The Morgan fingerprint density at radius 3 is 2.86 bits per heavy atom. The molecule has 2 nitrogen and oxygen atoms in total. The normalized spacial score (nSPS) is 25.2. The van der Waals surface area contributed by atoms with Gasteiger partial charge in [0.15, 0.2) is 0 Å². The highest BCUT2D eigenvalue weighted by molar-refractivity contribution is 7.16. The van der Waals surface area contributed by atoms with Crippen molar-refractivity contribution in [3.63, 3.8) is 0 Å². The van der Waals surface area contributed by atoms with E-state index >= 15 is 0 Å². The van der Waals surface area contributed by atoms with Gasteiger partial charge in [0.05, 0.1) is 5.69 Å². The molecule has 116 valence electrons. The Labute approximate surface area is 133 Å². The fourth-order valence-corrected chi connectivity index (χ4v) is 5.12. The summed E-state index contributed by atoms with van der Waals surface area (Å²) in [5, 5.41) is 2.51. The van der Waals surface area contributed by atoms with E-state index in [2.05, 4.69) is 4.90 Å². The van der Waals surface area contributed by atoms with Gasteiger partial charge >= 0.3 is 0 Å². The lowest BCUT2D eigenvalue weighted by molar-refractivity contribution is 0.243. The van der Waals surface area contributed by atoms with Gasteiger partial charge in [-0.3, -0.25) is 4.79 Å². The summed E-state index contributed by atoms with van der Waals surface area (Å²) in [7, 11) is 0. The molecule has 0 spiro atoms. The van der Waals surface area contributed by atoms with Gasteiger partial charge in [-0.15, -0.1) is 11.3 Å². The van der Waals surface area contributed by atoms with E-state index in [1.54, 1.807) is 17.4 Å². The molecular weight excluding hydrogens is 297 g/mol. The van der Waals surface area contributed by atoms with Crippen molar-refractivity contribution in [2.75, 3.05) is 11.4 Å². The Kier molecular flexibility index (Phi) is 3.65. The van der Waals surface area contributed by atoms with Gasteiger partial charge in [0.1, 0.15) is 5.82 Å². The number of fused-ring (bicyclic) bond motifs is 2. The van der Waals surface area contributed by atoms with Crippen LogP contribution in [-0.4, -0.2) is 12.6 Å². The second-order valence-electron chi connectivity index (χ2n) is 6.54. The molecule has 2 atom stereocenters. The molecular formula is C18H20FNOS. The molecule has 22 heavy (non-hydrogen) atoms. The van der Waals surface area contributed by atoms with Gasteiger partial charge in [0.2, 0.25) is 5.43 Å². The fourth-order valence-electron chi connectivity index (χ4n) is 4.22. The van der Waals surface area contributed by atoms with Gasteiger partial charge in [-0.1, -0.05) is 12.8 Å². The molecule has 2 aromatic rings. The molecule has 2 aliphatic rings. The summed E-state index contributed by atoms with van der Waals surface area (Å²) >= 11 is 1.55. The van der Waals surface area contributed by atoms with Crippen molar-refractivity contribution >= 4 is 27.1 Å². The standard InChI is InChI=1S/C18H20FNOS/c19-13-7-8-17-14(10-13)18(21)16(11-22-17)20-9-3-5-12-4-1-2-6-15(12)20/h7-8,10-12,15H,1-6,9H2. The Balaban J connectivity index is 1.79. The van der Waals surface area contributed by atoms with Gasteiger partial charge in [-0.05, 0) is 49.8 Å². The second kappa shape index (κ2) is 5.65. The number of piperidine rings is 1. The minimum atomic E-state index is -0.330. The van der Waals surface area contributed by atoms with Crippen molar-refractivity contribution in [1.82, 2.24) is 0 Å². The number of anilines is 1. The molecule has 4 heteroatoms. The van der Waals surface area contributed by atoms with Gasteiger partial charge in [0, 0.05) is 28.1 Å². The van der Waals surface area contributed by atoms with Gasteiger partial charge in [0.25, 0.3) is 0 Å². The number of nitrogens with zero attached hydrogens (tertiary/aromatic N) is 1. The number of hydrogen-bond acceptors (Lipinski definition) is 3. The van der Waals surface area contributed by atoms with Crippen LogP contribution in [0.5, 0.6) is 0 Å². The van der Waals surface area contributed by atoms with E-state index in [-0.39, 0.29) is 11.2 Å². The molecule has 0 N–H and O–H groups in total. The molecule has 1 saturated carbocycles. The first-order chi connectivity index (χ1) is 10.7. The van der Waals surface area contributed by atoms with E-state index in [4.69, 9.17) is 0 Å². The average molecular weight is 317 g/mol. The van der Waals surface area contributed by atoms with Crippen LogP contribution in [0.2, 0.25) is 0 Å². The second-order valence-corrected chi connectivity index (χ2v) is 7.45. The molecule has 1 aromatic carbocycles. The van der Waals surface area contributed by atoms with E-state index in [9.17, 15) is 9.18 Å². The maximum atomic E-state index is 13.5. The van der Waals surface area contributed by atoms with Gasteiger partial charge in [-0.25, -0.2) is 4.39 Å². The maximum Gasteiger partial charge on any atom is 0.211 e. The summed E-state index contributed by atoms with van der Waals surface area (Å²) in [5.74, 6) is 0.401. The summed E-state index contributed by atoms with van der Waals surface area (Å²) in [6, 6.07) is 5.03. The molecule has 1 aromatic heterocycles. The summed E-state index contributed by atoms with van der Waals surface area (Å²) in [5.41, 5.74) is 0.791. The Hall–Kier alpha value is -1.42. The van der Waals surface area contributed by atoms with Crippen LogP contribution in [0.4, 0.5) is 10.1 Å². The van der Waals surface area contributed by atoms with Crippen LogP contribution < -0.4 is 10.3 Å². The predicted octanol–water partition coefficient (Wildman–Crippen LogP) is 4.56. The molecule has 1 aliphatic heterocycles. The van der Waals surface area contributed by atoms with Gasteiger partial charge in [-0.2, -0.15) is 0 Å². The van der Waals surface area contributed by atoms with Crippen LogP contribution in [-0.2, 0) is 0 Å². The molecule has 0 amide bonds. The Bertz CT molecular complexity index is 754. The molecule has 2 heterocycles. The number of halogens is 1. The van der Waals surface area contributed by atoms with E-state index in [0.717, 1.165) is 29.3 Å².